The minimum Gasteiger partial charge on any atom is -0.315 e. The van der Waals surface area contributed by atoms with Gasteiger partial charge >= 0.3 is 0 Å². The van der Waals surface area contributed by atoms with Gasteiger partial charge in [0.2, 0.25) is 0 Å². The highest BCUT2D eigenvalue weighted by Crippen LogP contribution is 2.27. The lowest BCUT2D eigenvalue weighted by atomic mass is 9.90. The summed E-state index contributed by atoms with van der Waals surface area (Å²) >= 11 is 0. The molecule has 2 rings (SSSR count). The first kappa shape index (κ1) is 8.69. The quantitative estimate of drug-likeness (QED) is 0.737. The molecule has 13 heavy (non-hydrogen) atoms. The van der Waals surface area contributed by atoms with Crippen LogP contribution in [0, 0.1) is 0 Å². The molecule has 1 saturated carbocycles. The summed E-state index contributed by atoms with van der Waals surface area (Å²) in [6, 6.07) is 1.07. The topological polar surface area (TPSA) is 42.7 Å². The third-order valence-corrected chi connectivity index (χ3v) is 2.88. The molecule has 0 aromatic carbocycles. The second-order valence-corrected chi connectivity index (χ2v) is 3.63. The smallest absolute Gasteiger partial charge is 0.0693 e. The Hall–Kier alpha value is -0.900. The van der Waals surface area contributed by atoms with Gasteiger partial charge in [0.05, 0.1) is 12.2 Å². The summed E-state index contributed by atoms with van der Waals surface area (Å²) < 4.78 is 1.99. The molecule has 1 aromatic rings. The van der Waals surface area contributed by atoms with E-state index >= 15 is 0 Å². The van der Waals surface area contributed by atoms with Gasteiger partial charge in [-0.25, -0.2) is 4.68 Å². The summed E-state index contributed by atoms with van der Waals surface area (Å²) in [6.45, 7) is 0. The van der Waals surface area contributed by atoms with Crippen LogP contribution >= 0.6 is 0 Å². The van der Waals surface area contributed by atoms with E-state index in [2.05, 4.69) is 15.6 Å². The van der Waals surface area contributed by atoms with Crippen LogP contribution in [0.1, 0.15) is 31.7 Å². The number of nitrogens with one attached hydrogen (secondary N) is 1. The van der Waals surface area contributed by atoms with Crippen molar-refractivity contribution in [1.29, 1.82) is 0 Å². The van der Waals surface area contributed by atoms with E-state index in [0.29, 0.717) is 12.1 Å². The maximum atomic E-state index is 4.06. The van der Waals surface area contributed by atoms with Gasteiger partial charge in [0.15, 0.2) is 0 Å². The minimum atomic E-state index is 0.501. The Balaban J connectivity index is 2.11. The first-order chi connectivity index (χ1) is 6.42. The van der Waals surface area contributed by atoms with Crippen molar-refractivity contribution in [3.05, 3.63) is 12.4 Å². The second kappa shape index (κ2) is 3.87. The van der Waals surface area contributed by atoms with Crippen LogP contribution in [0.2, 0.25) is 0 Å². The maximum Gasteiger partial charge on any atom is 0.0693 e. The molecule has 0 spiro atoms. The number of aromatic nitrogens is 3. The zero-order valence-electron chi connectivity index (χ0n) is 7.98. The van der Waals surface area contributed by atoms with Crippen molar-refractivity contribution in [2.24, 2.45) is 0 Å². The summed E-state index contributed by atoms with van der Waals surface area (Å²) in [4.78, 5) is 0. The summed E-state index contributed by atoms with van der Waals surface area (Å²) in [5, 5.41) is 11.3. The van der Waals surface area contributed by atoms with Crippen LogP contribution in [0.5, 0.6) is 0 Å². The van der Waals surface area contributed by atoms with Gasteiger partial charge < -0.3 is 5.32 Å². The molecule has 2 atom stereocenters. The summed E-state index contributed by atoms with van der Waals surface area (Å²) in [6.07, 6.45) is 8.82. The average molecular weight is 180 g/mol. The molecule has 72 valence electrons. The lowest BCUT2D eigenvalue weighted by Gasteiger charge is -2.30. The zero-order chi connectivity index (χ0) is 9.10. The molecule has 1 heterocycles. The highest BCUT2D eigenvalue weighted by atomic mass is 15.4. The Labute approximate surface area is 78.3 Å². The molecule has 2 unspecified atom stereocenters. The molecule has 0 radical (unpaired) electrons. The van der Waals surface area contributed by atoms with Crippen molar-refractivity contribution >= 4 is 0 Å². The summed E-state index contributed by atoms with van der Waals surface area (Å²) in [5.41, 5.74) is 0. The van der Waals surface area contributed by atoms with E-state index in [4.69, 9.17) is 0 Å². The molecule has 0 saturated heterocycles. The van der Waals surface area contributed by atoms with E-state index in [1.807, 2.05) is 17.9 Å². The second-order valence-electron chi connectivity index (χ2n) is 3.63. The van der Waals surface area contributed by atoms with Crippen molar-refractivity contribution in [2.75, 3.05) is 7.05 Å². The van der Waals surface area contributed by atoms with E-state index in [1.165, 1.54) is 25.7 Å². The molecular weight excluding hydrogens is 164 g/mol. The van der Waals surface area contributed by atoms with E-state index in [1.54, 1.807) is 6.20 Å². The predicted molar refractivity (Wildman–Crippen MR) is 50.4 cm³/mol. The largest absolute Gasteiger partial charge is 0.315 e. The predicted octanol–water partition coefficient (Wildman–Crippen LogP) is 0.981. The van der Waals surface area contributed by atoms with Gasteiger partial charge in [0, 0.05) is 12.2 Å². The number of hydrogen-bond acceptors (Lipinski definition) is 3. The first-order valence-electron chi connectivity index (χ1n) is 4.95. The van der Waals surface area contributed by atoms with Crippen molar-refractivity contribution < 1.29 is 0 Å². The molecule has 0 aliphatic heterocycles. The van der Waals surface area contributed by atoms with Crippen molar-refractivity contribution in [1.82, 2.24) is 20.3 Å². The van der Waals surface area contributed by atoms with Crippen LogP contribution in [0.25, 0.3) is 0 Å². The fourth-order valence-corrected chi connectivity index (χ4v) is 2.16. The third kappa shape index (κ3) is 1.72. The van der Waals surface area contributed by atoms with Gasteiger partial charge in [-0.1, -0.05) is 18.1 Å². The van der Waals surface area contributed by atoms with Gasteiger partial charge in [-0.15, -0.1) is 5.10 Å². The Morgan fingerprint density at radius 2 is 2.23 bits per heavy atom. The highest BCUT2D eigenvalue weighted by molar-refractivity contribution is 4.85. The molecule has 1 aliphatic rings. The van der Waals surface area contributed by atoms with Crippen molar-refractivity contribution in [3.8, 4) is 0 Å². The normalized spacial score (nSPS) is 29.0. The lowest BCUT2D eigenvalue weighted by Crippen LogP contribution is -2.37. The molecule has 1 N–H and O–H groups in total. The van der Waals surface area contributed by atoms with Crippen LogP contribution in [0.15, 0.2) is 12.4 Å². The van der Waals surface area contributed by atoms with Gasteiger partial charge in [0.25, 0.3) is 0 Å². The molecular formula is C9H16N4. The Morgan fingerprint density at radius 1 is 1.38 bits per heavy atom. The maximum absolute atomic E-state index is 4.06. The number of rotatable bonds is 2. The minimum absolute atomic E-state index is 0.501. The molecule has 0 amide bonds. The van der Waals surface area contributed by atoms with Crippen LogP contribution in [0.4, 0.5) is 0 Å². The van der Waals surface area contributed by atoms with Crippen LogP contribution in [-0.4, -0.2) is 28.1 Å². The molecule has 1 fully saturated rings. The molecule has 4 heteroatoms. The first-order valence-corrected chi connectivity index (χ1v) is 4.95. The zero-order valence-corrected chi connectivity index (χ0v) is 7.98. The van der Waals surface area contributed by atoms with E-state index in [9.17, 15) is 0 Å². The standard InChI is InChI=1S/C9H16N4/c1-10-8-4-2-3-5-9(8)13-7-6-11-12-13/h6-10H,2-5H2,1H3. The molecule has 1 aromatic heterocycles. The van der Waals surface area contributed by atoms with Gasteiger partial charge in [0.1, 0.15) is 0 Å². The SMILES string of the molecule is CNC1CCCCC1n1ccnn1. The highest BCUT2D eigenvalue weighted by Gasteiger charge is 2.25. The monoisotopic (exact) mass is 180 g/mol. The Kier molecular flexibility index (Phi) is 2.59. The van der Waals surface area contributed by atoms with Crippen molar-refractivity contribution in [2.45, 2.75) is 37.8 Å². The Morgan fingerprint density at radius 3 is 2.92 bits per heavy atom. The average Bonchev–Trinajstić information content (AvgIpc) is 2.70. The molecule has 4 nitrogen and oxygen atoms in total. The van der Waals surface area contributed by atoms with Crippen molar-refractivity contribution in [3.63, 3.8) is 0 Å². The van der Waals surface area contributed by atoms with Gasteiger partial charge in [-0.3, -0.25) is 0 Å². The van der Waals surface area contributed by atoms with Crippen LogP contribution in [0.3, 0.4) is 0 Å². The summed E-state index contributed by atoms with van der Waals surface area (Å²) in [7, 11) is 2.03. The molecule has 1 aliphatic carbocycles. The summed E-state index contributed by atoms with van der Waals surface area (Å²) in [5.74, 6) is 0. The van der Waals surface area contributed by atoms with E-state index in [-0.39, 0.29) is 0 Å². The van der Waals surface area contributed by atoms with E-state index in [0.717, 1.165) is 0 Å². The number of nitrogens with zero attached hydrogens (tertiary/aromatic N) is 3. The Bertz CT molecular complexity index is 244. The number of hydrogen-bond donors (Lipinski definition) is 1. The lowest BCUT2D eigenvalue weighted by molar-refractivity contribution is 0.254. The van der Waals surface area contributed by atoms with Gasteiger partial charge in [-0.2, -0.15) is 0 Å². The van der Waals surface area contributed by atoms with Gasteiger partial charge in [-0.05, 0) is 19.9 Å². The van der Waals surface area contributed by atoms with Crippen LogP contribution in [-0.2, 0) is 0 Å². The fourth-order valence-electron chi connectivity index (χ4n) is 2.16. The van der Waals surface area contributed by atoms with Crippen LogP contribution < -0.4 is 5.32 Å². The van der Waals surface area contributed by atoms with E-state index < -0.39 is 0 Å². The molecule has 0 bridgehead atoms. The number of likely N-dealkylation sites (N-methyl/N-ethyl adjacent to an activating group) is 1. The third-order valence-electron chi connectivity index (χ3n) is 2.88. The fraction of sp³-hybridized carbons (Fsp3) is 0.778.